The van der Waals surface area contributed by atoms with Crippen molar-refractivity contribution in [2.75, 3.05) is 19.8 Å². The van der Waals surface area contributed by atoms with Crippen molar-refractivity contribution in [3.63, 3.8) is 0 Å². The van der Waals surface area contributed by atoms with E-state index in [4.69, 9.17) is 15.2 Å². The van der Waals surface area contributed by atoms with Gasteiger partial charge in [-0.3, -0.25) is 0 Å². The van der Waals surface area contributed by atoms with E-state index in [1.165, 1.54) is 6.42 Å². The van der Waals surface area contributed by atoms with E-state index in [9.17, 15) is 0 Å². The lowest BCUT2D eigenvalue weighted by Crippen LogP contribution is -2.29. The summed E-state index contributed by atoms with van der Waals surface area (Å²) in [5.74, 6) is 0. The van der Waals surface area contributed by atoms with Gasteiger partial charge in [-0.1, -0.05) is 0 Å². The zero-order chi connectivity index (χ0) is 8.44. The fraction of sp³-hybridized carbons (Fsp3) is 1.00. The molecule has 2 aliphatic heterocycles. The molecular formula is C9H17NO2. The molecule has 0 aliphatic carbocycles. The zero-order valence-electron chi connectivity index (χ0n) is 7.42. The van der Waals surface area contributed by atoms with Crippen molar-refractivity contribution in [2.24, 2.45) is 5.73 Å². The van der Waals surface area contributed by atoms with Crippen LogP contribution in [-0.2, 0) is 9.47 Å². The molecule has 2 aliphatic rings. The molecule has 2 heterocycles. The van der Waals surface area contributed by atoms with E-state index >= 15 is 0 Å². The van der Waals surface area contributed by atoms with Gasteiger partial charge >= 0.3 is 0 Å². The molecular weight excluding hydrogens is 154 g/mol. The van der Waals surface area contributed by atoms with Crippen molar-refractivity contribution in [1.29, 1.82) is 0 Å². The van der Waals surface area contributed by atoms with Crippen molar-refractivity contribution in [3.05, 3.63) is 0 Å². The Hall–Kier alpha value is -0.120. The molecule has 0 aromatic rings. The highest BCUT2D eigenvalue weighted by atomic mass is 16.6. The summed E-state index contributed by atoms with van der Waals surface area (Å²) in [6.45, 7) is 2.41. The van der Waals surface area contributed by atoms with Gasteiger partial charge < -0.3 is 15.2 Å². The summed E-state index contributed by atoms with van der Waals surface area (Å²) in [6.07, 6.45) is 4.81. The van der Waals surface area contributed by atoms with Crippen LogP contribution < -0.4 is 5.73 Å². The molecule has 2 N–H and O–H groups in total. The molecule has 0 saturated carbocycles. The minimum atomic E-state index is 0.0832. The van der Waals surface area contributed by atoms with E-state index in [-0.39, 0.29) is 5.60 Å². The fourth-order valence-electron chi connectivity index (χ4n) is 2.16. The second kappa shape index (κ2) is 3.32. The van der Waals surface area contributed by atoms with Crippen LogP contribution in [0.4, 0.5) is 0 Å². The third kappa shape index (κ3) is 1.49. The summed E-state index contributed by atoms with van der Waals surface area (Å²) in [7, 11) is 0. The Balaban J connectivity index is 1.88. The summed E-state index contributed by atoms with van der Waals surface area (Å²) < 4.78 is 11.3. The van der Waals surface area contributed by atoms with Crippen LogP contribution in [-0.4, -0.2) is 31.5 Å². The minimum Gasteiger partial charge on any atom is -0.378 e. The second-order valence-corrected chi connectivity index (χ2v) is 3.84. The van der Waals surface area contributed by atoms with Gasteiger partial charge in [-0.25, -0.2) is 0 Å². The molecule has 0 aromatic carbocycles. The number of rotatable bonds is 2. The molecule has 2 saturated heterocycles. The second-order valence-electron chi connectivity index (χ2n) is 3.84. The van der Waals surface area contributed by atoms with Gasteiger partial charge in [0.05, 0.1) is 18.3 Å². The first kappa shape index (κ1) is 8.48. The normalized spacial score (nSPS) is 41.2. The van der Waals surface area contributed by atoms with E-state index in [0.29, 0.717) is 6.10 Å². The Bertz CT molecular complexity index is 155. The minimum absolute atomic E-state index is 0.0832. The molecule has 1 spiro atoms. The quantitative estimate of drug-likeness (QED) is 0.664. The molecule has 2 fully saturated rings. The smallest absolute Gasteiger partial charge is 0.0941 e. The molecule has 2 rings (SSSR count). The summed E-state index contributed by atoms with van der Waals surface area (Å²) in [5.41, 5.74) is 5.57. The van der Waals surface area contributed by atoms with Gasteiger partial charge in [0.15, 0.2) is 0 Å². The van der Waals surface area contributed by atoms with Crippen LogP contribution >= 0.6 is 0 Å². The highest BCUT2D eigenvalue weighted by Gasteiger charge is 2.42. The molecule has 0 bridgehead atoms. The highest BCUT2D eigenvalue weighted by molar-refractivity contribution is 4.91. The van der Waals surface area contributed by atoms with Crippen molar-refractivity contribution >= 4 is 0 Å². The van der Waals surface area contributed by atoms with Gasteiger partial charge in [-0.15, -0.1) is 0 Å². The first-order valence-corrected chi connectivity index (χ1v) is 4.80. The van der Waals surface area contributed by atoms with Crippen LogP contribution in [0.25, 0.3) is 0 Å². The van der Waals surface area contributed by atoms with Crippen LogP contribution in [0.15, 0.2) is 0 Å². The maximum Gasteiger partial charge on any atom is 0.0941 e. The molecule has 3 nitrogen and oxygen atoms in total. The summed E-state index contributed by atoms with van der Waals surface area (Å²) in [6, 6.07) is 0. The SMILES string of the molecule is NCCC1CCC2(CCOC2)O1. The molecule has 2 atom stereocenters. The van der Waals surface area contributed by atoms with Gasteiger partial charge in [-0.05, 0) is 25.8 Å². The Kier molecular flexibility index (Phi) is 2.35. The van der Waals surface area contributed by atoms with Crippen LogP contribution in [0.2, 0.25) is 0 Å². The number of hydrogen-bond donors (Lipinski definition) is 1. The molecule has 3 heteroatoms. The van der Waals surface area contributed by atoms with Crippen molar-refractivity contribution < 1.29 is 9.47 Å². The van der Waals surface area contributed by atoms with Gasteiger partial charge in [0.2, 0.25) is 0 Å². The van der Waals surface area contributed by atoms with Crippen molar-refractivity contribution in [3.8, 4) is 0 Å². The van der Waals surface area contributed by atoms with Gasteiger partial charge in [0.25, 0.3) is 0 Å². The summed E-state index contributed by atoms with van der Waals surface area (Å²) in [4.78, 5) is 0. The summed E-state index contributed by atoms with van der Waals surface area (Å²) in [5, 5.41) is 0. The number of hydrogen-bond acceptors (Lipinski definition) is 3. The lowest BCUT2D eigenvalue weighted by molar-refractivity contribution is -0.0458. The molecule has 0 amide bonds. The predicted octanol–water partition coefficient (Wildman–Crippen LogP) is 0.673. The maximum atomic E-state index is 5.95. The van der Waals surface area contributed by atoms with E-state index in [1.54, 1.807) is 0 Å². The largest absolute Gasteiger partial charge is 0.378 e. The summed E-state index contributed by atoms with van der Waals surface area (Å²) >= 11 is 0. The molecule has 0 radical (unpaired) electrons. The Morgan fingerprint density at radius 1 is 1.42 bits per heavy atom. The molecule has 12 heavy (non-hydrogen) atoms. The van der Waals surface area contributed by atoms with E-state index < -0.39 is 0 Å². The van der Waals surface area contributed by atoms with E-state index in [0.717, 1.165) is 39.0 Å². The Morgan fingerprint density at radius 3 is 3.00 bits per heavy atom. The highest BCUT2D eigenvalue weighted by Crippen LogP contribution is 2.37. The Morgan fingerprint density at radius 2 is 2.33 bits per heavy atom. The first-order valence-electron chi connectivity index (χ1n) is 4.80. The van der Waals surface area contributed by atoms with Crippen LogP contribution in [0.1, 0.15) is 25.7 Å². The molecule has 70 valence electrons. The maximum absolute atomic E-state index is 5.95. The van der Waals surface area contributed by atoms with Crippen LogP contribution in [0, 0.1) is 0 Å². The average molecular weight is 171 g/mol. The number of nitrogens with two attached hydrogens (primary N) is 1. The van der Waals surface area contributed by atoms with Gasteiger partial charge in [0.1, 0.15) is 0 Å². The topological polar surface area (TPSA) is 44.5 Å². The lowest BCUT2D eigenvalue weighted by Gasteiger charge is -2.21. The van der Waals surface area contributed by atoms with E-state index in [2.05, 4.69) is 0 Å². The lowest BCUT2D eigenvalue weighted by atomic mass is 9.99. The van der Waals surface area contributed by atoms with Crippen LogP contribution in [0.3, 0.4) is 0 Å². The Labute approximate surface area is 73.2 Å². The third-order valence-corrected chi connectivity index (χ3v) is 2.89. The first-order chi connectivity index (χ1) is 5.85. The van der Waals surface area contributed by atoms with Crippen molar-refractivity contribution in [1.82, 2.24) is 0 Å². The van der Waals surface area contributed by atoms with Crippen molar-refractivity contribution in [2.45, 2.75) is 37.4 Å². The standard InChI is InChI=1S/C9H17NO2/c10-5-2-8-1-3-9(12-8)4-6-11-7-9/h8H,1-7,10H2. The average Bonchev–Trinajstić information content (AvgIpc) is 2.65. The van der Waals surface area contributed by atoms with E-state index in [1.807, 2.05) is 0 Å². The predicted molar refractivity (Wildman–Crippen MR) is 45.9 cm³/mol. The van der Waals surface area contributed by atoms with Gasteiger partial charge in [0, 0.05) is 13.0 Å². The fourth-order valence-corrected chi connectivity index (χ4v) is 2.16. The number of ether oxygens (including phenoxy) is 2. The van der Waals surface area contributed by atoms with Crippen LogP contribution in [0.5, 0.6) is 0 Å². The zero-order valence-corrected chi connectivity index (χ0v) is 7.42. The molecule has 2 unspecified atom stereocenters. The monoisotopic (exact) mass is 171 g/mol. The third-order valence-electron chi connectivity index (χ3n) is 2.89. The molecule has 0 aromatic heterocycles. The van der Waals surface area contributed by atoms with Gasteiger partial charge in [-0.2, -0.15) is 0 Å².